The summed E-state index contributed by atoms with van der Waals surface area (Å²) in [6.07, 6.45) is 0. The molecule has 0 saturated carbocycles. The van der Waals surface area contributed by atoms with Gasteiger partial charge in [-0.25, -0.2) is 0 Å². The summed E-state index contributed by atoms with van der Waals surface area (Å²) in [6, 6.07) is 10.2. The Kier molecular flexibility index (Phi) is 4.50. The summed E-state index contributed by atoms with van der Waals surface area (Å²) < 4.78 is 10.3. The molecule has 2 aromatic rings. The molecule has 96 valence electrons. The third kappa shape index (κ3) is 3.42. The number of benzene rings is 1. The van der Waals surface area contributed by atoms with Gasteiger partial charge in [0.1, 0.15) is 0 Å². The van der Waals surface area contributed by atoms with Crippen LogP contribution < -0.4 is 5.32 Å². The van der Waals surface area contributed by atoms with Crippen molar-refractivity contribution >= 4 is 0 Å². The van der Waals surface area contributed by atoms with Crippen molar-refractivity contribution in [2.75, 3.05) is 7.11 Å². The van der Waals surface area contributed by atoms with Crippen LogP contribution in [-0.2, 0) is 24.4 Å². The van der Waals surface area contributed by atoms with Crippen LogP contribution >= 0.6 is 0 Å². The lowest BCUT2D eigenvalue weighted by Gasteiger charge is -2.08. The third-order valence-electron chi connectivity index (χ3n) is 2.71. The molecule has 0 saturated heterocycles. The van der Waals surface area contributed by atoms with E-state index in [4.69, 9.17) is 9.26 Å². The van der Waals surface area contributed by atoms with Crippen LogP contribution in [0.3, 0.4) is 0 Å². The van der Waals surface area contributed by atoms with Crippen LogP contribution in [0.2, 0.25) is 0 Å². The predicted octanol–water partition coefficient (Wildman–Crippen LogP) is 2.42. The molecule has 1 heterocycles. The summed E-state index contributed by atoms with van der Waals surface area (Å²) in [5.74, 6) is 0.858. The number of ether oxygens (including phenoxy) is 1. The first-order valence-corrected chi connectivity index (χ1v) is 5.98. The summed E-state index contributed by atoms with van der Waals surface area (Å²) in [7, 11) is 1.71. The van der Waals surface area contributed by atoms with Crippen molar-refractivity contribution in [1.82, 2.24) is 10.5 Å². The van der Waals surface area contributed by atoms with Crippen molar-refractivity contribution < 1.29 is 9.26 Å². The number of hydrogen-bond acceptors (Lipinski definition) is 4. The van der Waals surface area contributed by atoms with E-state index in [2.05, 4.69) is 22.6 Å². The van der Waals surface area contributed by atoms with E-state index >= 15 is 0 Å². The summed E-state index contributed by atoms with van der Waals surface area (Å²) in [5.41, 5.74) is 3.36. The highest BCUT2D eigenvalue weighted by Gasteiger charge is 2.03. The van der Waals surface area contributed by atoms with Gasteiger partial charge < -0.3 is 14.6 Å². The zero-order chi connectivity index (χ0) is 12.8. The van der Waals surface area contributed by atoms with Gasteiger partial charge in [0.2, 0.25) is 0 Å². The van der Waals surface area contributed by atoms with E-state index in [-0.39, 0.29) is 0 Å². The standard InChI is InChI=1S/C14H18N2O2/c1-11-7-14(18-16-11)9-15-8-12-5-3-4-6-13(12)10-17-2/h3-7,15H,8-10H2,1-2H3. The molecule has 0 atom stereocenters. The second kappa shape index (κ2) is 6.33. The lowest BCUT2D eigenvalue weighted by atomic mass is 10.1. The summed E-state index contributed by atoms with van der Waals surface area (Å²) in [6.45, 7) is 4.03. The van der Waals surface area contributed by atoms with Gasteiger partial charge in [-0.05, 0) is 18.1 Å². The van der Waals surface area contributed by atoms with E-state index in [0.717, 1.165) is 18.0 Å². The Bertz CT molecular complexity index is 494. The first kappa shape index (κ1) is 12.8. The molecule has 0 unspecified atom stereocenters. The van der Waals surface area contributed by atoms with E-state index in [0.29, 0.717) is 13.2 Å². The molecule has 0 aliphatic heterocycles. The van der Waals surface area contributed by atoms with Gasteiger partial charge in [-0.3, -0.25) is 0 Å². The highest BCUT2D eigenvalue weighted by atomic mass is 16.5. The van der Waals surface area contributed by atoms with Gasteiger partial charge in [0.15, 0.2) is 5.76 Å². The van der Waals surface area contributed by atoms with Gasteiger partial charge in [0.05, 0.1) is 18.8 Å². The Morgan fingerprint density at radius 1 is 1.22 bits per heavy atom. The van der Waals surface area contributed by atoms with Crippen molar-refractivity contribution in [2.45, 2.75) is 26.6 Å². The Morgan fingerprint density at radius 3 is 2.67 bits per heavy atom. The van der Waals surface area contributed by atoms with Crippen LogP contribution in [-0.4, -0.2) is 12.3 Å². The largest absolute Gasteiger partial charge is 0.380 e. The van der Waals surface area contributed by atoms with E-state index in [1.165, 1.54) is 11.1 Å². The smallest absolute Gasteiger partial charge is 0.150 e. The molecule has 1 aromatic heterocycles. The van der Waals surface area contributed by atoms with Crippen LogP contribution in [0.1, 0.15) is 22.6 Å². The fourth-order valence-electron chi connectivity index (χ4n) is 1.85. The molecule has 0 amide bonds. The van der Waals surface area contributed by atoms with Crippen molar-refractivity contribution in [3.63, 3.8) is 0 Å². The number of hydrogen-bond donors (Lipinski definition) is 1. The van der Waals surface area contributed by atoms with Gasteiger partial charge >= 0.3 is 0 Å². The molecule has 1 aromatic carbocycles. The first-order chi connectivity index (χ1) is 8.79. The number of nitrogens with zero attached hydrogens (tertiary/aromatic N) is 1. The molecule has 0 radical (unpaired) electrons. The van der Waals surface area contributed by atoms with Gasteiger partial charge in [-0.15, -0.1) is 0 Å². The molecule has 4 nitrogen and oxygen atoms in total. The maximum Gasteiger partial charge on any atom is 0.150 e. The van der Waals surface area contributed by atoms with Crippen LogP contribution in [0, 0.1) is 6.92 Å². The number of methoxy groups -OCH3 is 1. The van der Waals surface area contributed by atoms with Crippen LogP contribution in [0.4, 0.5) is 0 Å². The fourth-order valence-corrected chi connectivity index (χ4v) is 1.85. The van der Waals surface area contributed by atoms with E-state index in [1.54, 1.807) is 7.11 Å². The fraction of sp³-hybridized carbons (Fsp3) is 0.357. The maximum absolute atomic E-state index is 5.18. The third-order valence-corrected chi connectivity index (χ3v) is 2.71. The molecule has 0 fully saturated rings. The number of nitrogens with one attached hydrogen (secondary N) is 1. The molecule has 0 aliphatic rings. The molecule has 1 N–H and O–H groups in total. The van der Waals surface area contributed by atoms with Crippen molar-refractivity contribution in [1.29, 1.82) is 0 Å². The average molecular weight is 246 g/mol. The normalized spacial score (nSPS) is 10.8. The molecule has 2 rings (SSSR count). The Hall–Kier alpha value is -1.65. The van der Waals surface area contributed by atoms with Gasteiger partial charge in [0, 0.05) is 19.7 Å². The molecule has 18 heavy (non-hydrogen) atoms. The number of aryl methyl sites for hydroxylation is 1. The topological polar surface area (TPSA) is 47.3 Å². The van der Waals surface area contributed by atoms with Crippen LogP contribution in [0.15, 0.2) is 34.9 Å². The summed E-state index contributed by atoms with van der Waals surface area (Å²) >= 11 is 0. The zero-order valence-corrected chi connectivity index (χ0v) is 10.8. The van der Waals surface area contributed by atoms with Crippen molar-refractivity contribution in [3.8, 4) is 0 Å². The van der Waals surface area contributed by atoms with E-state index in [9.17, 15) is 0 Å². The Balaban J connectivity index is 1.89. The minimum atomic E-state index is 0.638. The first-order valence-electron chi connectivity index (χ1n) is 5.98. The minimum Gasteiger partial charge on any atom is -0.380 e. The second-order valence-corrected chi connectivity index (χ2v) is 4.24. The molecular formula is C14H18N2O2. The van der Waals surface area contributed by atoms with Crippen molar-refractivity contribution in [2.24, 2.45) is 0 Å². The van der Waals surface area contributed by atoms with Crippen LogP contribution in [0.5, 0.6) is 0 Å². The molecule has 0 spiro atoms. The number of rotatable bonds is 6. The average Bonchev–Trinajstić information content (AvgIpc) is 2.78. The monoisotopic (exact) mass is 246 g/mol. The second-order valence-electron chi connectivity index (χ2n) is 4.24. The van der Waals surface area contributed by atoms with E-state index in [1.807, 2.05) is 25.1 Å². The minimum absolute atomic E-state index is 0.638. The summed E-state index contributed by atoms with van der Waals surface area (Å²) in [4.78, 5) is 0. The van der Waals surface area contributed by atoms with Crippen LogP contribution in [0.25, 0.3) is 0 Å². The SMILES string of the molecule is COCc1ccccc1CNCc1cc(C)no1. The Labute approximate surface area is 107 Å². The molecule has 0 bridgehead atoms. The quantitative estimate of drug-likeness (QED) is 0.850. The highest BCUT2D eigenvalue weighted by molar-refractivity contribution is 5.26. The van der Waals surface area contributed by atoms with E-state index < -0.39 is 0 Å². The zero-order valence-electron chi connectivity index (χ0n) is 10.8. The lowest BCUT2D eigenvalue weighted by molar-refractivity contribution is 0.184. The molecular weight excluding hydrogens is 228 g/mol. The predicted molar refractivity (Wildman–Crippen MR) is 68.9 cm³/mol. The summed E-state index contributed by atoms with van der Waals surface area (Å²) in [5, 5.41) is 7.20. The highest BCUT2D eigenvalue weighted by Crippen LogP contribution is 2.10. The van der Waals surface area contributed by atoms with Gasteiger partial charge in [0.25, 0.3) is 0 Å². The van der Waals surface area contributed by atoms with Gasteiger partial charge in [-0.2, -0.15) is 0 Å². The lowest BCUT2D eigenvalue weighted by Crippen LogP contribution is -2.13. The Morgan fingerprint density at radius 2 is 2.00 bits per heavy atom. The van der Waals surface area contributed by atoms with Gasteiger partial charge in [-0.1, -0.05) is 29.4 Å². The van der Waals surface area contributed by atoms with Crippen molar-refractivity contribution in [3.05, 3.63) is 52.9 Å². The number of aromatic nitrogens is 1. The molecule has 0 aliphatic carbocycles. The maximum atomic E-state index is 5.18. The molecule has 4 heteroatoms.